The lowest BCUT2D eigenvalue weighted by Crippen LogP contribution is -2.02. The zero-order valence-electron chi connectivity index (χ0n) is 8.59. The molecule has 2 nitrogen and oxygen atoms in total. The molecule has 3 heteroatoms. The van der Waals surface area contributed by atoms with Crippen LogP contribution in [0.25, 0.3) is 0 Å². The van der Waals surface area contributed by atoms with E-state index in [-0.39, 0.29) is 14.8 Å². The molecule has 0 bridgehead atoms. The van der Waals surface area contributed by atoms with E-state index in [9.17, 15) is 4.79 Å². The first-order valence-corrected chi connectivity index (χ1v) is 5.84. The zero-order valence-corrected chi connectivity index (χ0v) is 9.59. The van der Waals surface area contributed by atoms with Gasteiger partial charge in [0.25, 0.3) is 0 Å². The number of carbonyl (C=O) groups is 1. The summed E-state index contributed by atoms with van der Waals surface area (Å²) in [6.07, 6.45) is 0. The van der Waals surface area contributed by atoms with Gasteiger partial charge in [-0.25, -0.2) is 4.79 Å². The average Bonchev–Trinajstić information content (AvgIpc) is 2.38. The monoisotopic (exact) mass is 230 g/mol. The van der Waals surface area contributed by atoms with Crippen molar-refractivity contribution >= 4 is 20.1 Å². The van der Waals surface area contributed by atoms with Crippen LogP contribution in [-0.4, -0.2) is 5.97 Å². The normalized spacial score (nSPS) is 10.5. The highest BCUT2D eigenvalue weighted by Gasteiger charge is 2.05. The zero-order chi connectivity index (χ0) is 11.2. The van der Waals surface area contributed by atoms with Crippen molar-refractivity contribution in [1.29, 1.82) is 0 Å². The van der Waals surface area contributed by atoms with Gasteiger partial charge in [0.15, 0.2) is 0 Å². The first-order chi connectivity index (χ1) is 7.86. The molecule has 16 heavy (non-hydrogen) atoms. The summed E-state index contributed by atoms with van der Waals surface area (Å²) in [5.41, 5.74) is 0.589. The Kier molecular flexibility index (Phi) is 3.68. The van der Waals surface area contributed by atoms with Crippen molar-refractivity contribution in [2.45, 2.75) is 0 Å². The summed E-state index contributed by atoms with van der Waals surface area (Å²) < 4.78 is 5.20. The van der Waals surface area contributed by atoms with E-state index in [1.165, 1.54) is 0 Å². The maximum Gasteiger partial charge on any atom is 0.340 e. The summed E-state index contributed by atoms with van der Waals surface area (Å²) >= 11 is 0. The lowest BCUT2D eigenvalue weighted by molar-refractivity contribution is 0.0762. The Morgan fingerprint density at radius 1 is 0.875 bits per heavy atom. The molecule has 0 radical (unpaired) electrons. The van der Waals surface area contributed by atoms with Crippen LogP contribution in [-0.2, 0) is 4.52 Å². The second-order valence-corrected chi connectivity index (χ2v) is 4.21. The van der Waals surface area contributed by atoms with E-state index in [0.29, 0.717) is 5.56 Å². The Bertz CT molecular complexity index is 454. The quantitative estimate of drug-likeness (QED) is 0.758. The van der Waals surface area contributed by atoms with E-state index < -0.39 is 0 Å². The third-order valence-corrected chi connectivity index (χ3v) is 2.90. The molecule has 2 rings (SSSR count). The third-order valence-electron chi connectivity index (χ3n) is 2.04. The number of hydrogen-bond acceptors (Lipinski definition) is 2. The smallest absolute Gasteiger partial charge is 0.340 e. The molecule has 80 valence electrons. The molecule has 2 aromatic carbocycles. The van der Waals surface area contributed by atoms with Crippen LogP contribution in [0, 0.1) is 0 Å². The fourth-order valence-electron chi connectivity index (χ4n) is 1.24. The molecule has 1 unspecified atom stereocenters. The summed E-state index contributed by atoms with van der Waals surface area (Å²) in [5, 5.41) is 1.02. The fourth-order valence-corrected chi connectivity index (χ4v) is 1.90. The number of carbonyl (C=O) groups excluding carboxylic acids is 1. The third kappa shape index (κ3) is 2.91. The summed E-state index contributed by atoms with van der Waals surface area (Å²) in [6.45, 7) is 0. The van der Waals surface area contributed by atoms with E-state index in [2.05, 4.69) is 0 Å². The predicted octanol–water partition coefficient (Wildman–Crippen LogP) is 2.76. The molecular formula is C13H11O2P. The molecule has 0 heterocycles. The minimum Gasteiger partial charge on any atom is -0.440 e. The van der Waals surface area contributed by atoms with Crippen molar-refractivity contribution in [3.05, 3.63) is 66.2 Å². The minimum absolute atomic E-state index is 0.0608. The molecule has 0 saturated heterocycles. The van der Waals surface area contributed by atoms with Gasteiger partial charge in [0.05, 0.1) is 5.56 Å². The van der Waals surface area contributed by atoms with Crippen LogP contribution in [0.4, 0.5) is 0 Å². The van der Waals surface area contributed by atoms with Crippen LogP contribution in [0.1, 0.15) is 10.4 Å². The summed E-state index contributed by atoms with van der Waals surface area (Å²) in [6, 6.07) is 18.7. The molecule has 0 spiro atoms. The number of benzene rings is 2. The highest BCUT2D eigenvalue weighted by atomic mass is 31.1. The first-order valence-electron chi connectivity index (χ1n) is 4.93. The predicted molar refractivity (Wildman–Crippen MR) is 66.2 cm³/mol. The van der Waals surface area contributed by atoms with Crippen molar-refractivity contribution in [3.8, 4) is 0 Å². The van der Waals surface area contributed by atoms with E-state index in [0.717, 1.165) is 5.30 Å². The summed E-state index contributed by atoms with van der Waals surface area (Å²) in [7, 11) is 0.0608. The van der Waals surface area contributed by atoms with Crippen molar-refractivity contribution < 1.29 is 9.32 Å². The molecule has 1 atom stereocenters. The van der Waals surface area contributed by atoms with Crippen LogP contribution in [0.3, 0.4) is 0 Å². The number of rotatable bonds is 3. The van der Waals surface area contributed by atoms with Gasteiger partial charge >= 0.3 is 5.97 Å². The van der Waals surface area contributed by atoms with Gasteiger partial charge in [-0.1, -0.05) is 48.5 Å². The van der Waals surface area contributed by atoms with Crippen LogP contribution >= 0.6 is 8.81 Å². The Labute approximate surface area is 96.1 Å². The van der Waals surface area contributed by atoms with Gasteiger partial charge in [-0.05, 0) is 12.1 Å². The summed E-state index contributed by atoms with van der Waals surface area (Å²) in [4.78, 5) is 11.6. The van der Waals surface area contributed by atoms with Gasteiger partial charge < -0.3 is 4.52 Å². The van der Waals surface area contributed by atoms with Crippen LogP contribution in [0.2, 0.25) is 0 Å². The highest BCUT2D eigenvalue weighted by molar-refractivity contribution is 7.42. The Balaban J connectivity index is 1.95. The van der Waals surface area contributed by atoms with Gasteiger partial charge in [0.2, 0.25) is 0 Å². The van der Waals surface area contributed by atoms with Gasteiger partial charge in [-0.3, -0.25) is 0 Å². The van der Waals surface area contributed by atoms with Crippen LogP contribution in [0.5, 0.6) is 0 Å². The maximum absolute atomic E-state index is 11.6. The topological polar surface area (TPSA) is 26.3 Å². The molecule has 0 fully saturated rings. The molecule has 0 aliphatic carbocycles. The SMILES string of the molecule is O=C(OPc1ccccc1)c1ccccc1. The van der Waals surface area contributed by atoms with Crippen molar-refractivity contribution in [2.75, 3.05) is 0 Å². The van der Waals surface area contributed by atoms with Gasteiger partial charge in [0, 0.05) is 5.30 Å². The highest BCUT2D eigenvalue weighted by Crippen LogP contribution is 2.14. The van der Waals surface area contributed by atoms with Crippen LogP contribution in [0.15, 0.2) is 60.7 Å². The van der Waals surface area contributed by atoms with E-state index in [1.807, 2.05) is 48.5 Å². The van der Waals surface area contributed by atoms with E-state index in [4.69, 9.17) is 4.52 Å². The largest absolute Gasteiger partial charge is 0.440 e. The van der Waals surface area contributed by atoms with Crippen molar-refractivity contribution in [1.82, 2.24) is 0 Å². The molecule has 0 aliphatic heterocycles. The van der Waals surface area contributed by atoms with Crippen molar-refractivity contribution in [2.24, 2.45) is 0 Å². The second-order valence-electron chi connectivity index (χ2n) is 3.22. The molecule has 0 saturated carbocycles. The lowest BCUT2D eigenvalue weighted by Gasteiger charge is -2.03. The lowest BCUT2D eigenvalue weighted by atomic mass is 10.2. The maximum atomic E-state index is 11.6. The van der Waals surface area contributed by atoms with E-state index in [1.54, 1.807) is 12.1 Å². The summed E-state index contributed by atoms with van der Waals surface area (Å²) in [5.74, 6) is -0.275. The number of hydrogen-bond donors (Lipinski definition) is 0. The Morgan fingerprint density at radius 2 is 1.44 bits per heavy atom. The molecule has 0 N–H and O–H groups in total. The standard InChI is InChI=1S/C13H11O2P/c14-13(11-7-3-1-4-8-11)15-16-12-9-5-2-6-10-12/h1-10,16H. The Hall–Kier alpha value is -1.66. The molecule has 0 aliphatic rings. The van der Waals surface area contributed by atoms with Crippen molar-refractivity contribution in [3.63, 3.8) is 0 Å². The van der Waals surface area contributed by atoms with Gasteiger partial charge in [0.1, 0.15) is 8.81 Å². The van der Waals surface area contributed by atoms with Crippen LogP contribution < -0.4 is 5.30 Å². The molecule has 0 amide bonds. The second kappa shape index (κ2) is 5.43. The molecule has 2 aromatic rings. The molecule has 0 aromatic heterocycles. The van der Waals surface area contributed by atoms with Gasteiger partial charge in [-0.15, -0.1) is 0 Å². The fraction of sp³-hybridized carbons (Fsp3) is 0. The van der Waals surface area contributed by atoms with E-state index >= 15 is 0 Å². The first kappa shape index (κ1) is 10.8. The Morgan fingerprint density at radius 3 is 2.06 bits per heavy atom. The minimum atomic E-state index is -0.275. The average molecular weight is 230 g/mol. The molecular weight excluding hydrogens is 219 g/mol. The van der Waals surface area contributed by atoms with Gasteiger partial charge in [-0.2, -0.15) is 0 Å².